The van der Waals surface area contributed by atoms with Crippen molar-refractivity contribution in [3.05, 3.63) is 27.7 Å². The van der Waals surface area contributed by atoms with Gasteiger partial charge in [0, 0.05) is 22.5 Å². The molecular weight excluding hydrogens is 316 g/mol. The Morgan fingerprint density at radius 2 is 2.36 bits per heavy atom. The van der Waals surface area contributed by atoms with Crippen LogP contribution in [0.1, 0.15) is 52.6 Å². The lowest BCUT2D eigenvalue weighted by atomic mass is 10.2. The molecule has 3 rings (SSSR count). The first kappa shape index (κ1) is 15.6. The highest BCUT2D eigenvalue weighted by Crippen LogP contribution is 2.36. The van der Waals surface area contributed by atoms with Crippen molar-refractivity contribution in [2.24, 2.45) is 0 Å². The Kier molecular flexibility index (Phi) is 4.85. The molecule has 0 bridgehead atoms. The summed E-state index contributed by atoms with van der Waals surface area (Å²) in [7, 11) is 0. The van der Waals surface area contributed by atoms with Crippen molar-refractivity contribution >= 4 is 33.9 Å². The van der Waals surface area contributed by atoms with E-state index in [1.807, 2.05) is 13.0 Å². The smallest absolute Gasteiger partial charge is 0.267 e. The van der Waals surface area contributed by atoms with E-state index in [2.05, 4.69) is 32.6 Å². The third-order valence-corrected chi connectivity index (χ3v) is 5.71. The molecule has 1 saturated heterocycles. The van der Waals surface area contributed by atoms with Gasteiger partial charge in [0.05, 0.1) is 4.88 Å². The average molecular weight is 336 g/mol. The van der Waals surface area contributed by atoms with Gasteiger partial charge in [-0.05, 0) is 51.4 Å². The van der Waals surface area contributed by atoms with Gasteiger partial charge in [-0.3, -0.25) is 15.0 Å². The van der Waals surface area contributed by atoms with E-state index in [4.69, 9.17) is 0 Å². The molecule has 0 radical (unpaired) electrons. The molecule has 1 aliphatic heterocycles. The number of hydrogen-bond donors (Lipinski definition) is 1. The third-order valence-electron chi connectivity index (χ3n) is 3.80. The highest BCUT2D eigenvalue weighted by atomic mass is 32.1. The van der Waals surface area contributed by atoms with Crippen LogP contribution in [0.2, 0.25) is 0 Å². The molecular formula is C15H20N4OS2. The number of carbonyl (C=O) groups excluding carboxylic acids is 1. The molecule has 3 heterocycles. The molecule has 2 aromatic rings. The van der Waals surface area contributed by atoms with Gasteiger partial charge in [0.25, 0.3) is 5.91 Å². The van der Waals surface area contributed by atoms with Crippen molar-refractivity contribution in [1.29, 1.82) is 0 Å². The highest BCUT2D eigenvalue weighted by Gasteiger charge is 2.27. The largest absolute Gasteiger partial charge is 0.296 e. The molecule has 1 amide bonds. The number of likely N-dealkylation sites (tertiary alicyclic amines) is 1. The topological polar surface area (TPSA) is 58.1 Å². The van der Waals surface area contributed by atoms with Crippen LogP contribution in [-0.4, -0.2) is 33.3 Å². The normalized spacial score (nSPS) is 18.7. The third kappa shape index (κ3) is 3.37. The van der Waals surface area contributed by atoms with E-state index in [1.165, 1.54) is 42.2 Å². The van der Waals surface area contributed by atoms with E-state index in [-0.39, 0.29) is 5.91 Å². The lowest BCUT2D eigenvalue weighted by Crippen LogP contribution is -2.23. The zero-order chi connectivity index (χ0) is 15.5. The standard InChI is InChI=1S/C15H20N4OS2/c1-3-8-19-9-4-5-11(19)12-6-7-13(21-12)14(20)17-15-16-10(2)18-22-15/h6-7,11H,3-5,8-9H2,1-2H3,(H,16,17,18,20)/t11-/m1/s1. The number of rotatable bonds is 5. The van der Waals surface area contributed by atoms with Gasteiger partial charge in [-0.2, -0.15) is 4.37 Å². The van der Waals surface area contributed by atoms with Crippen LogP contribution in [-0.2, 0) is 0 Å². The van der Waals surface area contributed by atoms with Gasteiger partial charge in [-0.15, -0.1) is 11.3 Å². The fraction of sp³-hybridized carbons (Fsp3) is 0.533. The van der Waals surface area contributed by atoms with Crippen molar-refractivity contribution in [2.75, 3.05) is 18.4 Å². The maximum Gasteiger partial charge on any atom is 0.267 e. The van der Waals surface area contributed by atoms with Gasteiger partial charge in [0.2, 0.25) is 5.13 Å². The Balaban J connectivity index is 1.69. The number of amides is 1. The highest BCUT2D eigenvalue weighted by molar-refractivity contribution is 7.14. The number of aryl methyl sites for hydroxylation is 1. The van der Waals surface area contributed by atoms with Crippen LogP contribution >= 0.6 is 22.9 Å². The Morgan fingerprint density at radius 1 is 1.50 bits per heavy atom. The number of hydrogen-bond acceptors (Lipinski definition) is 6. The first-order chi connectivity index (χ1) is 10.7. The summed E-state index contributed by atoms with van der Waals surface area (Å²) in [5.74, 6) is 0.598. The van der Waals surface area contributed by atoms with Crippen LogP contribution in [0.15, 0.2) is 12.1 Å². The predicted molar refractivity (Wildman–Crippen MR) is 90.8 cm³/mol. The average Bonchev–Trinajstić information content (AvgIpc) is 3.19. The van der Waals surface area contributed by atoms with Crippen molar-refractivity contribution in [1.82, 2.24) is 14.3 Å². The van der Waals surface area contributed by atoms with Gasteiger partial charge >= 0.3 is 0 Å². The molecule has 1 aliphatic rings. The second kappa shape index (κ2) is 6.85. The summed E-state index contributed by atoms with van der Waals surface area (Å²) in [6, 6.07) is 4.50. The van der Waals surface area contributed by atoms with E-state index >= 15 is 0 Å². The molecule has 1 N–H and O–H groups in total. The summed E-state index contributed by atoms with van der Waals surface area (Å²) in [4.78, 5) is 21.0. The van der Waals surface area contributed by atoms with Crippen LogP contribution in [0, 0.1) is 6.92 Å². The van der Waals surface area contributed by atoms with Gasteiger partial charge in [0.1, 0.15) is 5.82 Å². The SMILES string of the molecule is CCCN1CCC[C@@H]1c1ccc(C(=O)Nc2nc(C)ns2)s1. The van der Waals surface area contributed by atoms with E-state index in [1.54, 1.807) is 11.3 Å². The van der Waals surface area contributed by atoms with Crippen molar-refractivity contribution < 1.29 is 4.79 Å². The van der Waals surface area contributed by atoms with E-state index in [0.29, 0.717) is 17.0 Å². The van der Waals surface area contributed by atoms with Crippen molar-refractivity contribution in [2.45, 2.75) is 39.2 Å². The molecule has 0 aromatic carbocycles. The van der Waals surface area contributed by atoms with Gasteiger partial charge in [-0.25, -0.2) is 4.98 Å². The summed E-state index contributed by atoms with van der Waals surface area (Å²) >= 11 is 2.81. The van der Waals surface area contributed by atoms with Crippen LogP contribution in [0.3, 0.4) is 0 Å². The lowest BCUT2D eigenvalue weighted by Gasteiger charge is -2.22. The number of thiophene rings is 1. The van der Waals surface area contributed by atoms with E-state index in [0.717, 1.165) is 11.4 Å². The van der Waals surface area contributed by atoms with Gasteiger partial charge in [0.15, 0.2) is 0 Å². The van der Waals surface area contributed by atoms with Crippen LogP contribution in [0.25, 0.3) is 0 Å². The Morgan fingerprint density at radius 3 is 3.09 bits per heavy atom. The van der Waals surface area contributed by atoms with Crippen molar-refractivity contribution in [3.8, 4) is 0 Å². The number of carbonyl (C=O) groups is 1. The van der Waals surface area contributed by atoms with Gasteiger partial charge < -0.3 is 0 Å². The zero-order valence-electron chi connectivity index (χ0n) is 12.8. The summed E-state index contributed by atoms with van der Waals surface area (Å²) in [6.45, 7) is 6.33. The minimum absolute atomic E-state index is 0.0903. The molecule has 0 spiro atoms. The molecule has 0 unspecified atom stereocenters. The molecule has 7 heteroatoms. The molecule has 1 fully saturated rings. The summed E-state index contributed by atoms with van der Waals surface area (Å²) in [6.07, 6.45) is 3.61. The molecule has 22 heavy (non-hydrogen) atoms. The molecule has 118 valence electrons. The first-order valence-electron chi connectivity index (χ1n) is 7.63. The summed E-state index contributed by atoms with van der Waals surface area (Å²) in [5.41, 5.74) is 0. The Hall–Kier alpha value is -1.31. The number of nitrogens with one attached hydrogen (secondary N) is 1. The number of nitrogens with zero attached hydrogens (tertiary/aromatic N) is 3. The minimum atomic E-state index is -0.0903. The second-order valence-corrected chi connectivity index (χ2v) is 7.36. The van der Waals surface area contributed by atoms with Crippen LogP contribution < -0.4 is 5.32 Å². The maximum absolute atomic E-state index is 12.3. The summed E-state index contributed by atoms with van der Waals surface area (Å²) < 4.78 is 4.07. The first-order valence-corrected chi connectivity index (χ1v) is 9.22. The fourth-order valence-electron chi connectivity index (χ4n) is 2.86. The number of anilines is 1. The Labute approximate surface area is 138 Å². The minimum Gasteiger partial charge on any atom is -0.296 e. The van der Waals surface area contributed by atoms with E-state index < -0.39 is 0 Å². The lowest BCUT2D eigenvalue weighted by molar-refractivity contribution is 0.103. The number of aromatic nitrogens is 2. The monoisotopic (exact) mass is 336 g/mol. The zero-order valence-corrected chi connectivity index (χ0v) is 14.5. The van der Waals surface area contributed by atoms with Crippen molar-refractivity contribution in [3.63, 3.8) is 0 Å². The fourth-order valence-corrected chi connectivity index (χ4v) is 4.51. The van der Waals surface area contributed by atoms with Crippen LogP contribution in [0.4, 0.5) is 5.13 Å². The molecule has 0 aliphatic carbocycles. The molecule has 1 atom stereocenters. The predicted octanol–water partition coefficient (Wildman–Crippen LogP) is 3.71. The Bertz CT molecular complexity index is 652. The van der Waals surface area contributed by atoms with Crippen LogP contribution in [0.5, 0.6) is 0 Å². The second-order valence-electron chi connectivity index (χ2n) is 5.50. The summed E-state index contributed by atoms with van der Waals surface area (Å²) in [5, 5.41) is 3.38. The maximum atomic E-state index is 12.3. The quantitative estimate of drug-likeness (QED) is 0.904. The van der Waals surface area contributed by atoms with E-state index in [9.17, 15) is 4.79 Å². The molecule has 2 aromatic heterocycles. The van der Waals surface area contributed by atoms with Gasteiger partial charge in [-0.1, -0.05) is 6.92 Å². The molecule has 0 saturated carbocycles. The molecule has 5 nitrogen and oxygen atoms in total.